The summed E-state index contributed by atoms with van der Waals surface area (Å²) in [6.07, 6.45) is 0. The molecule has 20 heavy (non-hydrogen) atoms. The van der Waals surface area contributed by atoms with Gasteiger partial charge in [-0.1, -0.05) is 0 Å². The van der Waals surface area contributed by atoms with E-state index in [1.54, 1.807) is 13.0 Å². The summed E-state index contributed by atoms with van der Waals surface area (Å²) >= 11 is 1.12. The Morgan fingerprint density at radius 3 is 2.85 bits per heavy atom. The number of aromatic carboxylic acids is 1. The van der Waals surface area contributed by atoms with Gasteiger partial charge in [-0.2, -0.15) is 5.26 Å². The second-order valence-electron chi connectivity index (χ2n) is 4.10. The molecule has 0 aliphatic rings. The van der Waals surface area contributed by atoms with Gasteiger partial charge in [0.2, 0.25) is 0 Å². The van der Waals surface area contributed by atoms with E-state index in [0.717, 1.165) is 22.3 Å². The Morgan fingerprint density at radius 1 is 1.45 bits per heavy atom. The van der Waals surface area contributed by atoms with Crippen LogP contribution < -0.4 is 4.74 Å². The molecule has 0 amide bonds. The molecule has 2 rings (SSSR count). The van der Waals surface area contributed by atoms with Crippen LogP contribution >= 0.6 is 11.3 Å². The van der Waals surface area contributed by atoms with Gasteiger partial charge in [-0.05, 0) is 36.8 Å². The first-order valence-corrected chi connectivity index (χ1v) is 6.47. The highest BCUT2D eigenvalue weighted by Crippen LogP contribution is 2.29. The maximum atomic E-state index is 13.3. The molecule has 1 heterocycles. The van der Waals surface area contributed by atoms with Crippen molar-refractivity contribution in [3.05, 3.63) is 51.0 Å². The van der Waals surface area contributed by atoms with Crippen molar-refractivity contribution in [3.8, 4) is 11.8 Å². The first-order valence-electron chi connectivity index (χ1n) is 5.65. The minimum absolute atomic E-state index is 0.00287. The molecule has 0 aliphatic carbocycles. The van der Waals surface area contributed by atoms with Crippen molar-refractivity contribution < 1.29 is 19.0 Å². The fourth-order valence-corrected chi connectivity index (χ4v) is 2.50. The van der Waals surface area contributed by atoms with Gasteiger partial charge in [-0.25, -0.2) is 9.18 Å². The number of hydrogen-bond acceptors (Lipinski definition) is 4. The highest BCUT2D eigenvalue weighted by Gasteiger charge is 2.15. The molecule has 1 aromatic carbocycles. The summed E-state index contributed by atoms with van der Waals surface area (Å²) in [5.41, 5.74) is 0.672. The number of nitriles is 1. The van der Waals surface area contributed by atoms with Gasteiger partial charge in [0.05, 0.1) is 11.6 Å². The van der Waals surface area contributed by atoms with Gasteiger partial charge < -0.3 is 9.84 Å². The third-order valence-electron chi connectivity index (χ3n) is 2.50. The third kappa shape index (κ3) is 3.13. The highest BCUT2D eigenvalue weighted by molar-refractivity contribution is 7.14. The van der Waals surface area contributed by atoms with E-state index < -0.39 is 11.8 Å². The van der Waals surface area contributed by atoms with Crippen molar-refractivity contribution >= 4 is 17.3 Å². The Balaban J connectivity index is 2.19. The lowest BCUT2D eigenvalue weighted by Gasteiger charge is -2.06. The second kappa shape index (κ2) is 5.72. The molecule has 1 aromatic heterocycles. The number of carbonyl (C=O) groups is 1. The normalized spacial score (nSPS) is 10.1. The zero-order chi connectivity index (χ0) is 14.7. The van der Waals surface area contributed by atoms with E-state index in [-0.39, 0.29) is 22.8 Å². The van der Waals surface area contributed by atoms with Gasteiger partial charge in [0.25, 0.3) is 0 Å². The fraction of sp³-hybridized carbons (Fsp3) is 0.143. The SMILES string of the molecule is Cc1cc(OCc2cc(F)cc(C#N)c2)c(C(=O)O)s1. The summed E-state index contributed by atoms with van der Waals surface area (Å²) < 4.78 is 18.7. The summed E-state index contributed by atoms with van der Waals surface area (Å²) in [5, 5.41) is 17.8. The minimum Gasteiger partial charge on any atom is -0.487 e. The molecule has 2 aromatic rings. The number of nitrogens with zero attached hydrogens (tertiary/aromatic N) is 1. The Kier molecular flexibility index (Phi) is 4.01. The van der Waals surface area contributed by atoms with E-state index in [9.17, 15) is 9.18 Å². The fourth-order valence-electron chi connectivity index (χ4n) is 1.71. The number of benzene rings is 1. The summed E-state index contributed by atoms with van der Waals surface area (Å²) in [7, 11) is 0. The summed E-state index contributed by atoms with van der Waals surface area (Å²) in [6, 6.07) is 7.36. The standard InChI is InChI=1S/C14H10FNO3S/c1-8-2-12(13(20-8)14(17)18)19-7-10-3-9(6-16)4-11(15)5-10/h2-5H,7H2,1H3,(H,17,18). The lowest BCUT2D eigenvalue weighted by Crippen LogP contribution is -2.00. The molecule has 0 spiro atoms. The van der Waals surface area contributed by atoms with Crippen LogP contribution in [-0.4, -0.2) is 11.1 Å². The van der Waals surface area contributed by atoms with Crippen LogP contribution in [-0.2, 0) is 6.61 Å². The molecule has 0 saturated carbocycles. The van der Waals surface area contributed by atoms with Crippen molar-refractivity contribution in [1.82, 2.24) is 0 Å². The van der Waals surface area contributed by atoms with Crippen LogP contribution in [0.2, 0.25) is 0 Å². The zero-order valence-electron chi connectivity index (χ0n) is 10.5. The average Bonchev–Trinajstić information content (AvgIpc) is 2.77. The Morgan fingerprint density at radius 2 is 2.20 bits per heavy atom. The number of halogens is 1. The van der Waals surface area contributed by atoms with Crippen LogP contribution in [0, 0.1) is 24.1 Å². The minimum atomic E-state index is -1.06. The van der Waals surface area contributed by atoms with Crippen molar-refractivity contribution in [3.63, 3.8) is 0 Å². The van der Waals surface area contributed by atoms with Crippen LogP contribution in [0.15, 0.2) is 24.3 Å². The lowest BCUT2D eigenvalue weighted by atomic mass is 10.1. The molecule has 0 atom stereocenters. The van der Waals surface area contributed by atoms with E-state index in [1.165, 1.54) is 12.1 Å². The number of hydrogen-bond donors (Lipinski definition) is 1. The number of carboxylic acids is 1. The summed E-state index contributed by atoms with van der Waals surface area (Å²) in [5.74, 6) is -1.33. The Hall–Kier alpha value is -2.39. The number of aryl methyl sites for hydroxylation is 1. The number of carboxylic acid groups (broad SMARTS) is 1. The molecule has 0 saturated heterocycles. The maximum absolute atomic E-state index is 13.3. The maximum Gasteiger partial charge on any atom is 0.349 e. The van der Waals surface area contributed by atoms with Gasteiger partial charge in [-0.15, -0.1) is 11.3 Å². The van der Waals surface area contributed by atoms with Crippen LogP contribution in [0.1, 0.15) is 25.7 Å². The molecule has 0 radical (unpaired) electrons. The summed E-state index contributed by atoms with van der Waals surface area (Å²) in [6.45, 7) is 1.78. The van der Waals surface area contributed by atoms with Crippen LogP contribution in [0.5, 0.6) is 5.75 Å². The summed E-state index contributed by atoms with van der Waals surface area (Å²) in [4.78, 5) is 12.0. The predicted octanol–water partition coefficient (Wildman–Crippen LogP) is 3.34. The van der Waals surface area contributed by atoms with Gasteiger partial charge in [0.1, 0.15) is 18.2 Å². The molecule has 0 unspecified atom stereocenters. The van der Waals surface area contributed by atoms with Gasteiger partial charge in [-0.3, -0.25) is 0 Å². The largest absolute Gasteiger partial charge is 0.487 e. The highest BCUT2D eigenvalue weighted by atomic mass is 32.1. The third-order valence-corrected chi connectivity index (χ3v) is 3.52. The molecule has 0 bridgehead atoms. The molecule has 6 heteroatoms. The monoisotopic (exact) mass is 291 g/mol. The van der Waals surface area contributed by atoms with E-state index in [1.807, 2.05) is 6.07 Å². The van der Waals surface area contributed by atoms with Gasteiger partial charge in [0, 0.05) is 4.88 Å². The van der Waals surface area contributed by atoms with E-state index in [2.05, 4.69) is 0 Å². The predicted molar refractivity (Wildman–Crippen MR) is 71.5 cm³/mol. The van der Waals surface area contributed by atoms with Crippen molar-refractivity contribution in [2.75, 3.05) is 0 Å². The Labute approximate surface area is 118 Å². The molecular formula is C14H10FNO3S. The van der Waals surface area contributed by atoms with E-state index in [4.69, 9.17) is 15.1 Å². The lowest BCUT2D eigenvalue weighted by molar-refractivity contribution is 0.0697. The van der Waals surface area contributed by atoms with Gasteiger partial charge >= 0.3 is 5.97 Å². The molecule has 0 fully saturated rings. The zero-order valence-corrected chi connectivity index (χ0v) is 11.3. The van der Waals surface area contributed by atoms with Crippen LogP contribution in [0.4, 0.5) is 4.39 Å². The molecule has 4 nitrogen and oxygen atoms in total. The van der Waals surface area contributed by atoms with E-state index in [0.29, 0.717) is 5.56 Å². The quantitative estimate of drug-likeness (QED) is 0.937. The van der Waals surface area contributed by atoms with Gasteiger partial charge in [0.15, 0.2) is 4.88 Å². The first-order chi connectivity index (χ1) is 9.49. The first kappa shape index (κ1) is 14.0. The molecular weight excluding hydrogens is 281 g/mol. The Bertz CT molecular complexity index is 703. The number of rotatable bonds is 4. The van der Waals surface area contributed by atoms with Crippen molar-refractivity contribution in [2.45, 2.75) is 13.5 Å². The van der Waals surface area contributed by atoms with Crippen LogP contribution in [0.3, 0.4) is 0 Å². The second-order valence-corrected chi connectivity index (χ2v) is 5.36. The molecule has 102 valence electrons. The average molecular weight is 291 g/mol. The number of thiophene rings is 1. The molecule has 1 N–H and O–H groups in total. The number of ether oxygens (including phenoxy) is 1. The van der Waals surface area contributed by atoms with Crippen molar-refractivity contribution in [2.24, 2.45) is 0 Å². The van der Waals surface area contributed by atoms with Crippen molar-refractivity contribution in [1.29, 1.82) is 5.26 Å². The van der Waals surface area contributed by atoms with Crippen LogP contribution in [0.25, 0.3) is 0 Å². The topological polar surface area (TPSA) is 70.3 Å². The molecule has 0 aliphatic heterocycles. The smallest absolute Gasteiger partial charge is 0.349 e. The van der Waals surface area contributed by atoms with E-state index >= 15 is 0 Å².